The van der Waals surface area contributed by atoms with Crippen molar-refractivity contribution >= 4 is 27.7 Å². The number of ether oxygens (including phenoxy) is 1. The SMILES string of the molecule is CSCCC(NS(=O)(=O)c1ccccc1)C(=O)N1CCC(Oc2c(C)cccc2C)CC1. The Kier molecular flexibility index (Phi) is 8.62. The molecule has 0 radical (unpaired) electrons. The summed E-state index contributed by atoms with van der Waals surface area (Å²) in [6, 6.07) is 13.5. The molecule has 8 heteroatoms. The van der Waals surface area contributed by atoms with Gasteiger partial charge in [-0.15, -0.1) is 0 Å². The van der Waals surface area contributed by atoms with Gasteiger partial charge in [-0.1, -0.05) is 36.4 Å². The molecule has 2 aromatic carbocycles. The van der Waals surface area contributed by atoms with Gasteiger partial charge in [-0.2, -0.15) is 16.5 Å². The van der Waals surface area contributed by atoms with Gasteiger partial charge in [-0.3, -0.25) is 4.79 Å². The van der Waals surface area contributed by atoms with Crippen LogP contribution in [-0.4, -0.2) is 56.5 Å². The molecule has 2 aromatic rings. The van der Waals surface area contributed by atoms with Crippen molar-refractivity contribution in [2.45, 2.75) is 50.2 Å². The van der Waals surface area contributed by atoms with Gasteiger partial charge in [0, 0.05) is 25.9 Å². The Labute approximate surface area is 195 Å². The maximum Gasteiger partial charge on any atom is 0.241 e. The van der Waals surface area contributed by atoms with Gasteiger partial charge in [0.05, 0.1) is 4.90 Å². The third-order valence-corrected chi connectivity index (χ3v) is 7.84. The number of aryl methyl sites for hydroxylation is 2. The standard InChI is InChI=1S/C24H32N2O4S2/c1-18-8-7-9-19(2)23(18)30-20-12-15-26(16-13-20)24(27)22(14-17-31-3)25-32(28,29)21-10-5-4-6-11-21/h4-11,20,22,25H,12-17H2,1-3H3. The lowest BCUT2D eigenvalue weighted by Gasteiger charge is -2.35. The number of nitrogens with one attached hydrogen (secondary N) is 1. The normalized spacial score (nSPS) is 16.0. The second kappa shape index (κ2) is 11.2. The first-order valence-corrected chi connectivity index (χ1v) is 13.8. The van der Waals surface area contributed by atoms with Gasteiger partial charge in [-0.05, 0) is 55.5 Å². The van der Waals surface area contributed by atoms with Crippen LogP contribution in [0.2, 0.25) is 0 Å². The number of benzene rings is 2. The number of carbonyl (C=O) groups is 1. The number of piperidine rings is 1. The summed E-state index contributed by atoms with van der Waals surface area (Å²) in [6.07, 6.45) is 3.89. The van der Waals surface area contributed by atoms with Crippen molar-refractivity contribution in [3.63, 3.8) is 0 Å². The number of nitrogens with zero attached hydrogens (tertiary/aromatic N) is 1. The fourth-order valence-corrected chi connectivity index (χ4v) is 5.61. The van der Waals surface area contributed by atoms with Gasteiger partial charge in [0.15, 0.2) is 0 Å². The van der Waals surface area contributed by atoms with Crippen LogP contribution in [0.3, 0.4) is 0 Å². The van der Waals surface area contributed by atoms with Crippen molar-refractivity contribution < 1.29 is 17.9 Å². The van der Waals surface area contributed by atoms with E-state index in [0.717, 1.165) is 29.7 Å². The lowest BCUT2D eigenvalue weighted by molar-refractivity contribution is -0.134. The van der Waals surface area contributed by atoms with Crippen LogP contribution in [0.5, 0.6) is 5.75 Å². The first-order valence-electron chi connectivity index (χ1n) is 10.9. The Morgan fingerprint density at radius 3 is 2.31 bits per heavy atom. The molecule has 0 aliphatic carbocycles. The number of hydrogen-bond donors (Lipinski definition) is 1. The van der Waals surface area contributed by atoms with Crippen molar-refractivity contribution in [1.29, 1.82) is 0 Å². The molecule has 1 N–H and O–H groups in total. The number of hydrogen-bond acceptors (Lipinski definition) is 5. The topological polar surface area (TPSA) is 75.7 Å². The van der Waals surface area contributed by atoms with Crippen molar-refractivity contribution in [1.82, 2.24) is 9.62 Å². The van der Waals surface area contributed by atoms with E-state index in [-0.39, 0.29) is 16.9 Å². The molecule has 0 saturated carbocycles. The van der Waals surface area contributed by atoms with E-state index >= 15 is 0 Å². The number of para-hydroxylation sites is 1. The highest BCUT2D eigenvalue weighted by molar-refractivity contribution is 7.98. The molecule has 1 saturated heterocycles. The van der Waals surface area contributed by atoms with E-state index in [0.29, 0.717) is 25.3 Å². The van der Waals surface area contributed by atoms with Gasteiger partial charge in [0.25, 0.3) is 0 Å². The van der Waals surface area contributed by atoms with Crippen LogP contribution >= 0.6 is 11.8 Å². The summed E-state index contributed by atoms with van der Waals surface area (Å²) >= 11 is 1.59. The van der Waals surface area contributed by atoms with E-state index in [4.69, 9.17) is 4.74 Å². The van der Waals surface area contributed by atoms with Crippen molar-refractivity contribution in [2.75, 3.05) is 25.1 Å². The zero-order valence-corrected chi connectivity index (χ0v) is 20.5. The molecule has 0 spiro atoms. The predicted octanol–water partition coefficient (Wildman–Crippen LogP) is 3.77. The largest absolute Gasteiger partial charge is 0.490 e. The van der Waals surface area contributed by atoms with E-state index < -0.39 is 16.1 Å². The molecule has 0 bridgehead atoms. The highest BCUT2D eigenvalue weighted by Gasteiger charge is 2.32. The van der Waals surface area contributed by atoms with E-state index in [1.807, 2.05) is 38.3 Å². The first kappa shape index (κ1) is 24.6. The van der Waals surface area contributed by atoms with E-state index in [2.05, 4.69) is 4.72 Å². The van der Waals surface area contributed by atoms with E-state index in [9.17, 15) is 13.2 Å². The molecule has 1 amide bonds. The lowest BCUT2D eigenvalue weighted by atomic mass is 10.1. The molecule has 6 nitrogen and oxygen atoms in total. The van der Waals surface area contributed by atoms with Gasteiger partial charge in [0.2, 0.25) is 15.9 Å². The zero-order valence-electron chi connectivity index (χ0n) is 18.9. The summed E-state index contributed by atoms with van der Waals surface area (Å²) in [6.45, 7) is 5.18. The first-order chi connectivity index (χ1) is 15.3. The third-order valence-electron chi connectivity index (χ3n) is 5.71. The van der Waals surface area contributed by atoms with Crippen LogP contribution in [0.15, 0.2) is 53.4 Å². The molecule has 1 unspecified atom stereocenters. The van der Waals surface area contributed by atoms with Gasteiger partial charge < -0.3 is 9.64 Å². The Balaban J connectivity index is 1.63. The summed E-state index contributed by atoms with van der Waals surface area (Å²) < 4.78 is 34.5. The van der Waals surface area contributed by atoms with Gasteiger partial charge >= 0.3 is 0 Å². The molecule has 1 aliphatic heterocycles. The lowest BCUT2D eigenvalue weighted by Crippen LogP contribution is -2.51. The number of amides is 1. The molecule has 174 valence electrons. The van der Waals surface area contributed by atoms with Crippen molar-refractivity contribution in [3.8, 4) is 5.75 Å². The van der Waals surface area contributed by atoms with Crippen LogP contribution in [-0.2, 0) is 14.8 Å². The zero-order chi connectivity index (χ0) is 23.1. The van der Waals surface area contributed by atoms with Crippen LogP contribution in [0.4, 0.5) is 0 Å². The van der Waals surface area contributed by atoms with E-state index in [1.165, 1.54) is 12.1 Å². The molecule has 32 heavy (non-hydrogen) atoms. The highest BCUT2D eigenvalue weighted by Crippen LogP contribution is 2.26. The molecule has 0 aromatic heterocycles. The second-order valence-electron chi connectivity index (χ2n) is 8.13. The Bertz CT molecular complexity index is 984. The summed E-state index contributed by atoms with van der Waals surface area (Å²) in [7, 11) is -3.77. The molecule has 1 heterocycles. The molecule has 1 fully saturated rings. The average molecular weight is 477 g/mol. The quantitative estimate of drug-likeness (QED) is 0.596. The van der Waals surface area contributed by atoms with Crippen LogP contribution < -0.4 is 9.46 Å². The van der Waals surface area contributed by atoms with Crippen LogP contribution in [0.1, 0.15) is 30.4 Å². The number of rotatable bonds is 9. The minimum absolute atomic E-state index is 0.0458. The summed E-state index contributed by atoms with van der Waals surface area (Å²) in [5.41, 5.74) is 2.21. The fourth-order valence-electron chi connectivity index (χ4n) is 3.89. The second-order valence-corrected chi connectivity index (χ2v) is 10.8. The van der Waals surface area contributed by atoms with Crippen molar-refractivity contribution in [2.24, 2.45) is 0 Å². The maximum atomic E-state index is 13.2. The summed E-state index contributed by atoms with van der Waals surface area (Å²) in [4.78, 5) is 15.2. The number of carbonyl (C=O) groups excluding carboxylic acids is 1. The fraction of sp³-hybridized carbons (Fsp3) is 0.458. The smallest absolute Gasteiger partial charge is 0.241 e. The maximum absolute atomic E-state index is 13.2. The van der Waals surface area contributed by atoms with E-state index in [1.54, 1.807) is 34.9 Å². The van der Waals surface area contributed by atoms with Gasteiger partial charge in [0.1, 0.15) is 17.9 Å². The monoisotopic (exact) mass is 476 g/mol. The van der Waals surface area contributed by atoms with Crippen LogP contribution in [0.25, 0.3) is 0 Å². The molecular formula is C24H32N2O4S2. The summed E-state index contributed by atoms with van der Waals surface area (Å²) in [5, 5.41) is 0. The van der Waals surface area contributed by atoms with Gasteiger partial charge in [-0.25, -0.2) is 8.42 Å². The molecule has 1 atom stereocenters. The van der Waals surface area contributed by atoms with Crippen LogP contribution in [0, 0.1) is 13.8 Å². The Morgan fingerprint density at radius 2 is 1.72 bits per heavy atom. The average Bonchev–Trinajstić information content (AvgIpc) is 2.79. The Hall–Kier alpha value is -2.03. The highest BCUT2D eigenvalue weighted by atomic mass is 32.2. The van der Waals surface area contributed by atoms with Crippen molar-refractivity contribution in [3.05, 3.63) is 59.7 Å². The predicted molar refractivity (Wildman–Crippen MR) is 130 cm³/mol. The minimum Gasteiger partial charge on any atom is -0.490 e. The number of thioether (sulfide) groups is 1. The summed E-state index contributed by atoms with van der Waals surface area (Å²) in [5.74, 6) is 1.45. The molecular weight excluding hydrogens is 444 g/mol. The number of sulfonamides is 1. The minimum atomic E-state index is -3.77. The molecule has 1 aliphatic rings. The Morgan fingerprint density at radius 1 is 1.09 bits per heavy atom. The third kappa shape index (κ3) is 6.27. The number of likely N-dealkylation sites (tertiary alicyclic amines) is 1. The molecule has 3 rings (SSSR count).